The molecule has 0 radical (unpaired) electrons. The molecule has 0 aromatic rings. The highest BCUT2D eigenvalue weighted by Gasteiger charge is 2.00. The summed E-state index contributed by atoms with van der Waals surface area (Å²) in [5.74, 6) is -0.339. The molecule has 0 aromatic carbocycles. The maximum atomic E-state index is 10.7. The Bertz CT molecular complexity index is 179. The summed E-state index contributed by atoms with van der Waals surface area (Å²) in [6.45, 7) is 9.92. The Labute approximate surface area is 85.6 Å². The molecule has 0 spiro atoms. The Hall–Kier alpha value is -1.13. The van der Waals surface area contributed by atoms with Gasteiger partial charge >= 0.3 is 5.97 Å². The van der Waals surface area contributed by atoms with Gasteiger partial charge in [0.05, 0.1) is 6.61 Å². The Morgan fingerprint density at radius 1 is 1.50 bits per heavy atom. The summed E-state index contributed by atoms with van der Waals surface area (Å²) >= 11 is 0. The molecular formula is C10H20N2O2. The minimum atomic E-state index is -0.339. The number of rotatable bonds is 5. The van der Waals surface area contributed by atoms with E-state index in [0.717, 1.165) is 0 Å². The van der Waals surface area contributed by atoms with Crippen molar-refractivity contribution in [2.75, 3.05) is 19.7 Å². The summed E-state index contributed by atoms with van der Waals surface area (Å²) in [6, 6.07) is 0. The zero-order chi connectivity index (χ0) is 11.4. The van der Waals surface area contributed by atoms with Gasteiger partial charge in [-0.2, -0.15) is 0 Å². The van der Waals surface area contributed by atoms with Gasteiger partial charge in [-0.15, -0.1) is 6.58 Å². The minimum Gasteiger partial charge on any atom is -0.462 e. The number of hydrogen-bond donors (Lipinski definition) is 2. The van der Waals surface area contributed by atoms with Crippen molar-refractivity contribution in [2.24, 2.45) is 11.5 Å². The summed E-state index contributed by atoms with van der Waals surface area (Å²) in [5.41, 5.74) is 10.5. The molecule has 4 N–H and O–H groups in total. The van der Waals surface area contributed by atoms with Gasteiger partial charge in [-0.05, 0) is 19.9 Å². The van der Waals surface area contributed by atoms with Crippen LogP contribution in [0.3, 0.4) is 0 Å². The van der Waals surface area contributed by atoms with Crippen LogP contribution in [0, 0.1) is 0 Å². The molecule has 0 aliphatic rings. The normalized spacial score (nSPS) is 8.21. The maximum Gasteiger partial charge on any atom is 0.333 e. The third-order valence-corrected chi connectivity index (χ3v) is 1.10. The zero-order valence-corrected chi connectivity index (χ0v) is 8.79. The van der Waals surface area contributed by atoms with Crippen molar-refractivity contribution in [3.63, 3.8) is 0 Å². The van der Waals surface area contributed by atoms with Gasteiger partial charge in [0.15, 0.2) is 0 Å². The Morgan fingerprint density at radius 3 is 2.29 bits per heavy atom. The van der Waals surface area contributed by atoms with Crippen molar-refractivity contribution in [3.8, 4) is 0 Å². The van der Waals surface area contributed by atoms with E-state index in [1.807, 2.05) is 0 Å². The molecule has 0 atom stereocenters. The van der Waals surface area contributed by atoms with Crippen molar-refractivity contribution in [1.29, 1.82) is 0 Å². The molecule has 0 aliphatic carbocycles. The third-order valence-electron chi connectivity index (χ3n) is 1.10. The molecule has 4 heteroatoms. The van der Waals surface area contributed by atoms with Crippen molar-refractivity contribution in [1.82, 2.24) is 0 Å². The van der Waals surface area contributed by atoms with Crippen molar-refractivity contribution >= 4 is 5.97 Å². The second-order valence-electron chi connectivity index (χ2n) is 2.58. The molecular weight excluding hydrogens is 180 g/mol. The number of hydrogen-bond acceptors (Lipinski definition) is 4. The van der Waals surface area contributed by atoms with Crippen LogP contribution in [0.2, 0.25) is 0 Å². The number of esters is 1. The van der Waals surface area contributed by atoms with Crippen molar-refractivity contribution < 1.29 is 9.53 Å². The van der Waals surface area contributed by atoms with E-state index in [-0.39, 0.29) is 5.97 Å². The van der Waals surface area contributed by atoms with Gasteiger partial charge in [0.25, 0.3) is 0 Å². The largest absolute Gasteiger partial charge is 0.462 e. The zero-order valence-electron chi connectivity index (χ0n) is 8.79. The quantitative estimate of drug-likeness (QED) is 0.294. The molecule has 0 unspecified atom stereocenters. The predicted molar refractivity (Wildman–Crippen MR) is 58.7 cm³/mol. The summed E-state index contributed by atoms with van der Waals surface area (Å²) in [4.78, 5) is 10.7. The SMILES string of the molecule is C=C(C)C(=O)OCCCN.C=CCN. The van der Waals surface area contributed by atoms with Gasteiger partial charge in [0, 0.05) is 12.1 Å². The fourth-order valence-corrected chi connectivity index (χ4v) is 0.371. The van der Waals surface area contributed by atoms with Gasteiger partial charge in [-0.1, -0.05) is 12.7 Å². The number of nitrogens with two attached hydrogens (primary N) is 2. The highest BCUT2D eigenvalue weighted by atomic mass is 16.5. The van der Waals surface area contributed by atoms with Gasteiger partial charge in [0.2, 0.25) is 0 Å². The second kappa shape index (κ2) is 11.9. The summed E-state index contributed by atoms with van der Waals surface area (Å²) in [6.07, 6.45) is 2.36. The van der Waals surface area contributed by atoms with Crippen LogP contribution in [0.1, 0.15) is 13.3 Å². The average molecular weight is 200 g/mol. The lowest BCUT2D eigenvalue weighted by Gasteiger charge is -2.01. The van der Waals surface area contributed by atoms with Gasteiger partial charge in [-0.25, -0.2) is 4.79 Å². The topological polar surface area (TPSA) is 78.3 Å². The van der Waals surface area contributed by atoms with Gasteiger partial charge < -0.3 is 16.2 Å². The predicted octanol–water partition coefficient (Wildman–Crippen LogP) is 0.586. The molecule has 0 saturated heterocycles. The van der Waals surface area contributed by atoms with Crippen LogP contribution in [-0.2, 0) is 9.53 Å². The molecule has 0 fully saturated rings. The summed E-state index contributed by atoms with van der Waals surface area (Å²) in [5, 5.41) is 0. The standard InChI is InChI=1S/C7H13NO2.C3H7N/c1-6(2)7(9)10-5-3-4-8;1-2-3-4/h1,3-5,8H2,2H3;2H,1,3-4H2. The molecule has 0 heterocycles. The van der Waals surface area contributed by atoms with Crippen molar-refractivity contribution in [2.45, 2.75) is 13.3 Å². The second-order valence-corrected chi connectivity index (χ2v) is 2.58. The van der Waals surface area contributed by atoms with Crippen molar-refractivity contribution in [3.05, 3.63) is 24.8 Å². The van der Waals surface area contributed by atoms with Crippen LogP contribution in [0.4, 0.5) is 0 Å². The molecule has 0 amide bonds. The number of carbonyl (C=O) groups excluding carboxylic acids is 1. The highest BCUT2D eigenvalue weighted by Crippen LogP contribution is 1.91. The van der Waals surface area contributed by atoms with Crippen LogP contribution in [0.25, 0.3) is 0 Å². The molecule has 0 rings (SSSR count). The van der Waals surface area contributed by atoms with Gasteiger partial charge in [-0.3, -0.25) is 0 Å². The fraction of sp³-hybridized carbons (Fsp3) is 0.500. The molecule has 0 saturated carbocycles. The van der Waals surface area contributed by atoms with Gasteiger partial charge in [0.1, 0.15) is 0 Å². The van der Waals surface area contributed by atoms with E-state index in [0.29, 0.717) is 31.7 Å². The Kier molecular flexibility index (Phi) is 13.0. The maximum absolute atomic E-state index is 10.7. The van der Waals surface area contributed by atoms with Crippen LogP contribution >= 0.6 is 0 Å². The highest BCUT2D eigenvalue weighted by molar-refractivity contribution is 5.86. The lowest BCUT2D eigenvalue weighted by atomic mass is 10.4. The summed E-state index contributed by atoms with van der Waals surface area (Å²) < 4.78 is 4.73. The monoisotopic (exact) mass is 200 g/mol. The molecule has 82 valence electrons. The first-order valence-corrected chi connectivity index (χ1v) is 4.43. The third kappa shape index (κ3) is 13.5. The lowest BCUT2D eigenvalue weighted by Crippen LogP contribution is -2.09. The van der Waals surface area contributed by atoms with Crippen LogP contribution in [0.15, 0.2) is 24.8 Å². The van der Waals surface area contributed by atoms with E-state index in [1.165, 1.54) is 0 Å². The number of carbonyl (C=O) groups is 1. The molecule has 0 bridgehead atoms. The lowest BCUT2D eigenvalue weighted by molar-refractivity contribution is -0.138. The molecule has 0 aliphatic heterocycles. The summed E-state index contributed by atoms with van der Waals surface area (Å²) in [7, 11) is 0. The van der Waals surface area contributed by atoms with E-state index >= 15 is 0 Å². The van der Waals surface area contributed by atoms with Crippen LogP contribution in [-0.4, -0.2) is 25.7 Å². The minimum absolute atomic E-state index is 0.339. The first-order valence-electron chi connectivity index (χ1n) is 4.43. The van der Waals surface area contributed by atoms with E-state index in [4.69, 9.17) is 16.2 Å². The molecule has 4 nitrogen and oxygen atoms in total. The smallest absolute Gasteiger partial charge is 0.333 e. The Balaban J connectivity index is 0. The Morgan fingerprint density at radius 2 is 2.00 bits per heavy atom. The first kappa shape index (κ1) is 15.3. The van der Waals surface area contributed by atoms with Crippen LogP contribution < -0.4 is 11.5 Å². The number of ether oxygens (including phenoxy) is 1. The average Bonchev–Trinajstić information content (AvgIpc) is 2.18. The van der Waals surface area contributed by atoms with E-state index < -0.39 is 0 Å². The first-order chi connectivity index (χ1) is 6.59. The molecule has 14 heavy (non-hydrogen) atoms. The molecule has 0 aromatic heterocycles. The van der Waals surface area contributed by atoms with E-state index in [2.05, 4.69) is 13.2 Å². The van der Waals surface area contributed by atoms with E-state index in [9.17, 15) is 4.79 Å². The fourth-order valence-electron chi connectivity index (χ4n) is 0.371. The van der Waals surface area contributed by atoms with E-state index in [1.54, 1.807) is 13.0 Å². The van der Waals surface area contributed by atoms with Crippen LogP contribution in [0.5, 0.6) is 0 Å².